The van der Waals surface area contributed by atoms with Crippen LogP contribution >= 0.6 is 15.9 Å². The summed E-state index contributed by atoms with van der Waals surface area (Å²) in [6, 6.07) is 19.0. The Labute approximate surface area is 189 Å². The average molecular weight is 479 g/mol. The number of ether oxygens (including phenoxy) is 2. The first kappa shape index (κ1) is 21.2. The molecule has 4 rings (SSSR count). The molecule has 0 radical (unpaired) electrons. The fraction of sp³-hybridized carbons (Fsp3) is 0.192. The average Bonchev–Trinajstić information content (AvgIpc) is 3.17. The molecule has 1 heterocycles. The number of alkyl halides is 1. The van der Waals surface area contributed by atoms with Crippen LogP contribution in [-0.2, 0) is 0 Å². The van der Waals surface area contributed by atoms with E-state index in [0.717, 1.165) is 38.9 Å². The van der Waals surface area contributed by atoms with E-state index >= 15 is 0 Å². The number of carbonyl (C=O) groups is 1. The molecule has 0 N–H and O–H groups in total. The van der Waals surface area contributed by atoms with Crippen molar-refractivity contribution >= 4 is 32.7 Å². The van der Waals surface area contributed by atoms with Crippen molar-refractivity contribution in [3.05, 3.63) is 82.9 Å². The largest absolute Gasteiger partial charge is 0.496 e. The van der Waals surface area contributed by atoms with Gasteiger partial charge in [0.2, 0.25) is 0 Å². The third-order valence-corrected chi connectivity index (χ3v) is 5.54. The first-order chi connectivity index (χ1) is 15.0. The van der Waals surface area contributed by atoms with Gasteiger partial charge >= 0.3 is 0 Å². The summed E-state index contributed by atoms with van der Waals surface area (Å²) < 4.78 is 17.3. The molecule has 5 heteroatoms. The van der Waals surface area contributed by atoms with Crippen LogP contribution in [0.2, 0.25) is 0 Å². The highest BCUT2D eigenvalue weighted by atomic mass is 79.9. The van der Waals surface area contributed by atoms with Crippen LogP contribution in [0.4, 0.5) is 0 Å². The molecule has 0 spiro atoms. The number of rotatable bonds is 7. The van der Waals surface area contributed by atoms with Crippen molar-refractivity contribution in [3.63, 3.8) is 0 Å². The van der Waals surface area contributed by atoms with Gasteiger partial charge in [0.15, 0.2) is 5.78 Å². The number of carbonyl (C=O) groups excluding carboxylic acids is 1. The van der Waals surface area contributed by atoms with Crippen LogP contribution in [0.25, 0.3) is 22.3 Å². The summed E-state index contributed by atoms with van der Waals surface area (Å²) in [5.74, 6) is 2.05. The van der Waals surface area contributed by atoms with Gasteiger partial charge in [-0.2, -0.15) is 0 Å². The van der Waals surface area contributed by atoms with Gasteiger partial charge in [0.25, 0.3) is 0 Å². The van der Waals surface area contributed by atoms with Crippen LogP contribution in [0.5, 0.6) is 11.5 Å². The molecular formula is C26H23BrO4. The van der Waals surface area contributed by atoms with E-state index < -0.39 is 0 Å². The number of para-hydroxylation sites is 1. The summed E-state index contributed by atoms with van der Waals surface area (Å²) in [4.78, 5) is 13.7. The SMILES string of the molecule is COc1c(C)cc(C(=O)c2c(-c3ccc(OCCBr)cc3)oc3ccccc23)cc1C. The summed E-state index contributed by atoms with van der Waals surface area (Å²) in [5, 5.41) is 1.56. The molecule has 4 aromatic rings. The monoisotopic (exact) mass is 478 g/mol. The molecule has 0 unspecified atom stereocenters. The van der Waals surface area contributed by atoms with Crippen molar-refractivity contribution in [2.24, 2.45) is 0 Å². The van der Waals surface area contributed by atoms with E-state index in [9.17, 15) is 4.79 Å². The number of methoxy groups -OCH3 is 1. The zero-order valence-electron chi connectivity index (χ0n) is 17.7. The van der Waals surface area contributed by atoms with E-state index in [1.165, 1.54) is 0 Å². The Hall–Kier alpha value is -3.05. The van der Waals surface area contributed by atoms with Gasteiger partial charge in [0, 0.05) is 21.8 Å². The third-order valence-electron chi connectivity index (χ3n) is 5.21. The maximum atomic E-state index is 13.7. The molecule has 0 aliphatic rings. The lowest BCUT2D eigenvalue weighted by Crippen LogP contribution is -2.04. The number of ketones is 1. The number of fused-ring (bicyclic) bond motifs is 1. The smallest absolute Gasteiger partial charge is 0.197 e. The molecule has 0 saturated carbocycles. The maximum Gasteiger partial charge on any atom is 0.197 e. The van der Waals surface area contributed by atoms with Gasteiger partial charge in [-0.1, -0.05) is 34.1 Å². The first-order valence-electron chi connectivity index (χ1n) is 10.0. The Morgan fingerprint density at radius 1 is 1.00 bits per heavy atom. The number of halogens is 1. The minimum absolute atomic E-state index is 0.0755. The third kappa shape index (κ3) is 4.10. The van der Waals surface area contributed by atoms with Crippen molar-refractivity contribution in [2.45, 2.75) is 13.8 Å². The molecule has 0 saturated heterocycles. The highest BCUT2D eigenvalue weighted by Crippen LogP contribution is 2.36. The van der Waals surface area contributed by atoms with Gasteiger partial charge < -0.3 is 13.9 Å². The molecular weight excluding hydrogens is 456 g/mol. The lowest BCUT2D eigenvalue weighted by Gasteiger charge is -2.11. The molecule has 4 nitrogen and oxygen atoms in total. The van der Waals surface area contributed by atoms with Crippen LogP contribution < -0.4 is 9.47 Å². The van der Waals surface area contributed by atoms with Crippen molar-refractivity contribution < 1.29 is 18.7 Å². The molecule has 0 aliphatic carbocycles. The van der Waals surface area contributed by atoms with Crippen LogP contribution in [0.15, 0.2) is 65.1 Å². The molecule has 31 heavy (non-hydrogen) atoms. The number of aryl methyl sites for hydroxylation is 2. The molecule has 3 aromatic carbocycles. The van der Waals surface area contributed by atoms with Crippen LogP contribution in [0.1, 0.15) is 27.0 Å². The van der Waals surface area contributed by atoms with Crippen LogP contribution in [0.3, 0.4) is 0 Å². The van der Waals surface area contributed by atoms with Gasteiger partial charge in [-0.3, -0.25) is 4.79 Å². The molecule has 158 valence electrons. The fourth-order valence-electron chi connectivity index (χ4n) is 3.88. The zero-order chi connectivity index (χ0) is 22.0. The minimum Gasteiger partial charge on any atom is -0.496 e. The van der Waals surface area contributed by atoms with E-state index in [1.54, 1.807) is 7.11 Å². The quantitative estimate of drug-likeness (QED) is 0.218. The minimum atomic E-state index is -0.0755. The van der Waals surface area contributed by atoms with Crippen molar-refractivity contribution in [1.29, 1.82) is 0 Å². The highest BCUT2D eigenvalue weighted by molar-refractivity contribution is 9.09. The Bertz CT molecular complexity index is 1220. The second-order valence-corrected chi connectivity index (χ2v) is 8.13. The van der Waals surface area contributed by atoms with Gasteiger partial charge in [-0.25, -0.2) is 0 Å². The van der Waals surface area contributed by atoms with Crippen molar-refractivity contribution in [2.75, 3.05) is 19.0 Å². The second-order valence-electron chi connectivity index (χ2n) is 7.34. The van der Waals surface area contributed by atoms with E-state index in [-0.39, 0.29) is 5.78 Å². The molecule has 0 aliphatic heterocycles. The normalized spacial score (nSPS) is 11.0. The molecule has 0 bridgehead atoms. The predicted octanol–water partition coefficient (Wildman–Crippen LogP) is 6.73. The van der Waals surface area contributed by atoms with Gasteiger partial charge in [0.1, 0.15) is 22.8 Å². The van der Waals surface area contributed by atoms with Gasteiger partial charge in [0.05, 0.1) is 19.3 Å². The van der Waals surface area contributed by atoms with Gasteiger partial charge in [-0.15, -0.1) is 0 Å². The summed E-state index contributed by atoms with van der Waals surface area (Å²) in [6.45, 7) is 4.48. The first-order valence-corrected chi connectivity index (χ1v) is 11.2. The van der Waals surface area contributed by atoms with E-state index in [4.69, 9.17) is 13.9 Å². The predicted molar refractivity (Wildman–Crippen MR) is 127 cm³/mol. The zero-order valence-corrected chi connectivity index (χ0v) is 19.3. The van der Waals surface area contributed by atoms with Crippen molar-refractivity contribution in [3.8, 4) is 22.8 Å². The lowest BCUT2D eigenvalue weighted by atomic mass is 9.95. The summed E-state index contributed by atoms with van der Waals surface area (Å²) >= 11 is 3.36. The summed E-state index contributed by atoms with van der Waals surface area (Å²) in [5.41, 5.74) is 4.53. The Morgan fingerprint density at radius 3 is 2.32 bits per heavy atom. The number of furan rings is 1. The van der Waals surface area contributed by atoms with E-state index in [1.807, 2.05) is 74.5 Å². The highest BCUT2D eigenvalue weighted by Gasteiger charge is 2.24. The summed E-state index contributed by atoms with van der Waals surface area (Å²) in [6.07, 6.45) is 0. The lowest BCUT2D eigenvalue weighted by molar-refractivity contribution is 0.104. The Morgan fingerprint density at radius 2 is 1.68 bits per heavy atom. The molecule has 1 aromatic heterocycles. The fourth-order valence-corrected chi connectivity index (χ4v) is 4.04. The maximum absolute atomic E-state index is 13.7. The molecule has 0 atom stereocenters. The Balaban J connectivity index is 1.83. The summed E-state index contributed by atoms with van der Waals surface area (Å²) in [7, 11) is 1.64. The number of hydrogen-bond acceptors (Lipinski definition) is 4. The van der Waals surface area contributed by atoms with E-state index in [2.05, 4.69) is 15.9 Å². The second kappa shape index (κ2) is 8.98. The number of hydrogen-bond donors (Lipinski definition) is 0. The van der Waals surface area contributed by atoms with E-state index in [0.29, 0.717) is 29.1 Å². The van der Waals surface area contributed by atoms with Crippen LogP contribution in [-0.4, -0.2) is 24.8 Å². The number of benzene rings is 3. The van der Waals surface area contributed by atoms with Crippen LogP contribution in [0, 0.1) is 13.8 Å². The van der Waals surface area contributed by atoms with Crippen molar-refractivity contribution in [1.82, 2.24) is 0 Å². The molecule has 0 amide bonds. The Kier molecular flexibility index (Phi) is 6.14. The van der Waals surface area contributed by atoms with Gasteiger partial charge in [-0.05, 0) is 67.4 Å². The molecule has 0 fully saturated rings. The topological polar surface area (TPSA) is 48.7 Å². The standard InChI is InChI=1S/C26H23BrO4/c1-16-14-19(15-17(2)25(16)29-3)24(28)23-21-6-4-5-7-22(21)31-26(23)18-8-10-20(11-9-18)30-13-12-27/h4-11,14-15H,12-13H2,1-3H3.